The summed E-state index contributed by atoms with van der Waals surface area (Å²) in [7, 11) is 3.27. The molecule has 2 amide bonds. The minimum Gasteiger partial charge on any atom is -0.491 e. The Morgan fingerprint density at radius 3 is 2.57 bits per heavy atom. The van der Waals surface area contributed by atoms with Gasteiger partial charge in [0.2, 0.25) is 0 Å². The number of rotatable bonds is 7. The summed E-state index contributed by atoms with van der Waals surface area (Å²) < 4.78 is 11.0. The monoisotopic (exact) mass is 475 g/mol. The molecule has 35 heavy (non-hydrogen) atoms. The number of aromatic nitrogens is 3. The second kappa shape index (κ2) is 10.5. The molecule has 9 nitrogen and oxygen atoms in total. The van der Waals surface area contributed by atoms with Crippen LogP contribution in [0.3, 0.4) is 0 Å². The summed E-state index contributed by atoms with van der Waals surface area (Å²) in [6, 6.07) is 9.09. The fourth-order valence-electron chi connectivity index (χ4n) is 4.08. The summed E-state index contributed by atoms with van der Waals surface area (Å²) in [6.07, 6.45) is 5.43. The smallest absolute Gasteiger partial charge is 0.316 e. The van der Waals surface area contributed by atoms with Gasteiger partial charge in [-0.2, -0.15) is 0 Å². The van der Waals surface area contributed by atoms with Crippen LogP contribution >= 0.6 is 0 Å². The number of fused-ring (bicyclic) bond motifs is 1. The van der Waals surface area contributed by atoms with Gasteiger partial charge in [-0.3, -0.25) is 14.6 Å². The van der Waals surface area contributed by atoms with Crippen molar-refractivity contribution in [3.8, 4) is 22.9 Å². The summed E-state index contributed by atoms with van der Waals surface area (Å²) in [5, 5.41) is 3.02. The topological polar surface area (TPSA) is 107 Å². The molecule has 0 saturated carbocycles. The molecule has 1 aromatic carbocycles. The van der Waals surface area contributed by atoms with Gasteiger partial charge in [0, 0.05) is 49.7 Å². The summed E-state index contributed by atoms with van der Waals surface area (Å²) >= 11 is 0. The van der Waals surface area contributed by atoms with Crippen LogP contribution in [0, 0.1) is 5.92 Å². The van der Waals surface area contributed by atoms with Gasteiger partial charge in [-0.1, -0.05) is 26.0 Å². The first-order chi connectivity index (χ1) is 16.9. The van der Waals surface area contributed by atoms with Crippen molar-refractivity contribution in [1.29, 1.82) is 0 Å². The number of amides is 2. The van der Waals surface area contributed by atoms with E-state index in [0.717, 1.165) is 22.4 Å². The average Bonchev–Trinajstić information content (AvgIpc) is 2.87. The van der Waals surface area contributed by atoms with Crippen molar-refractivity contribution < 1.29 is 19.1 Å². The Labute approximate surface area is 204 Å². The molecule has 1 aliphatic heterocycles. The summed E-state index contributed by atoms with van der Waals surface area (Å²) in [5.74, 6) is 0.695. The van der Waals surface area contributed by atoms with E-state index in [4.69, 9.17) is 9.47 Å². The van der Waals surface area contributed by atoms with Gasteiger partial charge < -0.3 is 19.7 Å². The largest absolute Gasteiger partial charge is 0.491 e. The first-order valence-electron chi connectivity index (χ1n) is 11.5. The fourth-order valence-corrected chi connectivity index (χ4v) is 4.08. The van der Waals surface area contributed by atoms with E-state index in [-0.39, 0.29) is 17.9 Å². The number of benzene rings is 1. The van der Waals surface area contributed by atoms with Gasteiger partial charge in [-0.05, 0) is 29.7 Å². The van der Waals surface area contributed by atoms with Crippen molar-refractivity contribution in [1.82, 2.24) is 25.2 Å². The van der Waals surface area contributed by atoms with Crippen molar-refractivity contribution in [2.45, 2.75) is 26.3 Å². The number of nitrogens with one attached hydrogen (secondary N) is 1. The number of nitrogens with zero attached hydrogens (tertiary/aromatic N) is 4. The van der Waals surface area contributed by atoms with Crippen LogP contribution in [0.1, 0.15) is 40.3 Å². The number of pyridine rings is 1. The molecule has 0 aliphatic carbocycles. The lowest BCUT2D eigenvalue weighted by Crippen LogP contribution is -2.43. The molecule has 1 aliphatic rings. The Morgan fingerprint density at radius 2 is 1.91 bits per heavy atom. The van der Waals surface area contributed by atoms with E-state index in [1.807, 2.05) is 32.0 Å². The Kier molecular flexibility index (Phi) is 7.24. The molecule has 0 bridgehead atoms. The minimum absolute atomic E-state index is 0.169. The highest BCUT2D eigenvalue weighted by atomic mass is 16.5. The van der Waals surface area contributed by atoms with Crippen LogP contribution in [0.5, 0.6) is 11.8 Å². The second-order valence-corrected chi connectivity index (χ2v) is 8.94. The van der Waals surface area contributed by atoms with Crippen LogP contribution in [-0.2, 0) is 6.42 Å². The molecule has 1 atom stereocenters. The van der Waals surface area contributed by atoms with E-state index in [1.165, 1.54) is 13.3 Å². The lowest BCUT2D eigenvalue weighted by Gasteiger charge is -2.28. The summed E-state index contributed by atoms with van der Waals surface area (Å²) in [4.78, 5) is 39.6. The number of hydrogen-bond acceptors (Lipinski definition) is 7. The predicted molar refractivity (Wildman–Crippen MR) is 131 cm³/mol. The molecular formula is C26H29N5O4. The highest BCUT2D eigenvalue weighted by molar-refractivity contribution is 5.96. The molecule has 4 rings (SSSR count). The third kappa shape index (κ3) is 5.56. The minimum atomic E-state index is -0.269. The number of ether oxygens (including phenoxy) is 2. The second-order valence-electron chi connectivity index (χ2n) is 8.94. The van der Waals surface area contributed by atoms with Gasteiger partial charge in [0.05, 0.1) is 18.7 Å². The maximum atomic E-state index is 12.9. The van der Waals surface area contributed by atoms with Gasteiger partial charge in [0.1, 0.15) is 18.1 Å². The standard InChI is InChI=1S/C26H29N5O4/c1-16(2)14-31(3)25(33)22-9-8-17(11-27-22)24(32)30-19-10-21-20(6-5-7-23(21)35-15-19)18-12-28-26(34-4)29-13-18/h5-9,11-13,16,19H,10,14-15H2,1-4H3,(H,30,32)/t19-/m0/s1. The molecule has 0 spiro atoms. The molecular weight excluding hydrogens is 446 g/mol. The maximum Gasteiger partial charge on any atom is 0.316 e. The number of methoxy groups -OCH3 is 1. The van der Waals surface area contributed by atoms with Crippen LogP contribution in [0.2, 0.25) is 0 Å². The van der Waals surface area contributed by atoms with Crippen LogP contribution in [0.15, 0.2) is 48.9 Å². The van der Waals surface area contributed by atoms with Gasteiger partial charge in [-0.15, -0.1) is 0 Å². The number of carbonyl (C=O) groups is 2. The molecule has 1 N–H and O–H groups in total. The number of hydrogen-bond donors (Lipinski definition) is 1. The van der Waals surface area contributed by atoms with Gasteiger partial charge in [-0.25, -0.2) is 9.97 Å². The SMILES string of the molecule is COc1ncc(-c2cccc3c2C[C@H](NC(=O)c2ccc(C(=O)N(C)CC(C)C)nc2)CO3)cn1. The van der Waals surface area contributed by atoms with Crippen molar-refractivity contribution in [2.75, 3.05) is 27.3 Å². The third-order valence-corrected chi connectivity index (χ3v) is 5.71. The molecule has 3 aromatic rings. The van der Waals surface area contributed by atoms with Crippen LogP contribution in [0.4, 0.5) is 0 Å². The molecule has 2 aromatic heterocycles. The normalized spacial score (nSPS) is 14.6. The Bertz CT molecular complexity index is 1200. The van der Waals surface area contributed by atoms with Crippen LogP contribution in [-0.4, -0.2) is 65.0 Å². The highest BCUT2D eigenvalue weighted by Crippen LogP contribution is 2.34. The first kappa shape index (κ1) is 24.1. The van der Waals surface area contributed by atoms with Crippen molar-refractivity contribution in [2.24, 2.45) is 5.92 Å². The van der Waals surface area contributed by atoms with E-state index in [9.17, 15) is 9.59 Å². The average molecular weight is 476 g/mol. The van der Waals surface area contributed by atoms with Gasteiger partial charge in [0.25, 0.3) is 11.8 Å². The summed E-state index contributed by atoms with van der Waals surface area (Å²) in [6.45, 7) is 5.08. The van der Waals surface area contributed by atoms with E-state index in [1.54, 1.807) is 36.5 Å². The van der Waals surface area contributed by atoms with Crippen molar-refractivity contribution >= 4 is 11.8 Å². The molecule has 0 saturated heterocycles. The van der Waals surface area contributed by atoms with Crippen LogP contribution < -0.4 is 14.8 Å². The first-order valence-corrected chi connectivity index (χ1v) is 11.5. The van der Waals surface area contributed by atoms with Gasteiger partial charge in [0.15, 0.2) is 0 Å². The van der Waals surface area contributed by atoms with Gasteiger partial charge >= 0.3 is 6.01 Å². The van der Waals surface area contributed by atoms with Crippen molar-refractivity contribution in [3.63, 3.8) is 0 Å². The van der Waals surface area contributed by atoms with E-state index >= 15 is 0 Å². The molecule has 0 radical (unpaired) electrons. The lowest BCUT2D eigenvalue weighted by atomic mass is 9.94. The molecule has 9 heteroatoms. The molecule has 182 valence electrons. The predicted octanol–water partition coefficient (Wildman–Crippen LogP) is 3.01. The molecule has 0 unspecified atom stereocenters. The fraction of sp³-hybridized carbons (Fsp3) is 0.346. The number of carbonyl (C=O) groups excluding carboxylic acids is 2. The zero-order valence-corrected chi connectivity index (χ0v) is 20.3. The van der Waals surface area contributed by atoms with E-state index in [2.05, 4.69) is 20.3 Å². The Balaban J connectivity index is 1.44. The Hall–Kier alpha value is -4.01. The van der Waals surface area contributed by atoms with Crippen molar-refractivity contribution in [3.05, 3.63) is 65.7 Å². The lowest BCUT2D eigenvalue weighted by molar-refractivity contribution is 0.0772. The maximum absolute atomic E-state index is 12.9. The third-order valence-electron chi connectivity index (χ3n) is 5.71. The quantitative estimate of drug-likeness (QED) is 0.560. The highest BCUT2D eigenvalue weighted by Gasteiger charge is 2.25. The van der Waals surface area contributed by atoms with E-state index in [0.29, 0.717) is 42.8 Å². The zero-order chi connectivity index (χ0) is 24.9. The summed E-state index contributed by atoms with van der Waals surface area (Å²) in [5.41, 5.74) is 3.45. The van der Waals surface area contributed by atoms with Crippen LogP contribution in [0.25, 0.3) is 11.1 Å². The molecule has 3 heterocycles. The van der Waals surface area contributed by atoms with E-state index < -0.39 is 0 Å². The molecule has 0 fully saturated rings. The zero-order valence-electron chi connectivity index (χ0n) is 20.3. The Morgan fingerprint density at radius 1 is 1.14 bits per heavy atom.